The first-order valence-electron chi connectivity index (χ1n) is 7.65. The molecule has 0 aromatic rings. The van der Waals surface area contributed by atoms with Crippen molar-refractivity contribution in [3.8, 4) is 0 Å². The highest BCUT2D eigenvalue weighted by atomic mass is 15.2. The summed E-state index contributed by atoms with van der Waals surface area (Å²) in [7, 11) is 0. The van der Waals surface area contributed by atoms with Crippen LogP contribution < -0.4 is 5.73 Å². The van der Waals surface area contributed by atoms with Crippen LogP contribution in [0.1, 0.15) is 58.8 Å². The molecule has 1 unspecified atom stereocenters. The Hall–Kier alpha value is -0.0800. The van der Waals surface area contributed by atoms with Gasteiger partial charge in [-0.05, 0) is 56.9 Å². The fraction of sp³-hybridized carbons (Fsp3) is 1.00. The quantitative estimate of drug-likeness (QED) is 0.819. The molecule has 1 saturated carbocycles. The van der Waals surface area contributed by atoms with Crippen molar-refractivity contribution in [2.75, 3.05) is 19.6 Å². The minimum absolute atomic E-state index is 0.361. The molecule has 2 aliphatic rings. The highest BCUT2D eigenvalue weighted by Gasteiger charge is 2.39. The van der Waals surface area contributed by atoms with E-state index in [-0.39, 0.29) is 0 Å². The van der Waals surface area contributed by atoms with Gasteiger partial charge < -0.3 is 5.73 Å². The van der Waals surface area contributed by atoms with E-state index < -0.39 is 0 Å². The first kappa shape index (κ1) is 13.4. The van der Waals surface area contributed by atoms with Crippen LogP contribution in [-0.2, 0) is 0 Å². The number of piperidine rings is 1. The summed E-state index contributed by atoms with van der Waals surface area (Å²) in [6.07, 6.45) is 9.63. The minimum atomic E-state index is 0.361. The molecule has 100 valence electrons. The summed E-state index contributed by atoms with van der Waals surface area (Å²) in [5.41, 5.74) is 6.52. The molecule has 0 bridgehead atoms. The lowest BCUT2D eigenvalue weighted by Crippen LogP contribution is -2.58. The summed E-state index contributed by atoms with van der Waals surface area (Å²) in [5, 5.41) is 0. The van der Waals surface area contributed by atoms with E-state index in [0.29, 0.717) is 5.54 Å². The number of nitrogens with zero attached hydrogens (tertiary/aromatic N) is 1. The van der Waals surface area contributed by atoms with Crippen LogP contribution in [0.2, 0.25) is 0 Å². The van der Waals surface area contributed by atoms with Crippen LogP contribution in [0.5, 0.6) is 0 Å². The van der Waals surface area contributed by atoms with Crippen LogP contribution in [0, 0.1) is 11.8 Å². The van der Waals surface area contributed by atoms with E-state index in [9.17, 15) is 0 Å². The van der Waals surface area contributed by atoms with E-state index in [1.165, 1.54) is 58.0 Å². The minimum Gasteiger partial charge on any atom is -0.329 e. The van der Waals surface area contributed by atoms with Gasteiger partial charge in [-0.25, -0.2) is 0 Å². The van der Waals surface area contributed by atoms with Crippen molar-refractivity contribution in [1.29, 1.82) is 0 Å². The largest absolute Gasteiger partial charge is 0.329 e. The highest BCUT2D eigenvalue weighted by Crippen LogP contribution is 2.38. The molecule has 0 aromatic heterocycles. The van der Waals surface area contributed by atoms with E-state index in [4.69, 9.17) is 5.73 Å². The van der Waals surface area contributed by atoms with Crippen LogP contribution in [0.25, 0.3) is 0 Å². The maximum absolute atomic E-state index is 6.16. The van der Waals surface area contributed by atoms with Gasteiger partial charge in [0.05, 0.1) is 0 Å². The Bertz CT molecular complexity index is 231. The molecule has 1 heterocycles. The van der Waals surface area contributed by atoms with E-state index >= 15 is 0 Å². The molecule has 1 atom stereocenters. The Balaban J connectivity index is 1.99. The lowest BCUT2D eigenvalue weighted by atomic mass is 9.73. The molecule has 2 heteroatoms. The van der Waals surface area contributed by atoms with Crippen molar-refractivity contribution in [2.24, 2.45) is 17.6 Å². The molecular weight excluding hydrogens is 208 g/mol. The Kier molecular flexibility index (Phi) is 4.48. The molecule has 2 rings (SSSR count). The molecule has 2 fully saturated rings. The molecule has 1 aliphatic carbocycles. The van der Waals surface area contributed by atoms with Crippen LogP contribution in [0.15, 0.2) is 0 Å². The lowest BCUT2D eigenvalue weighted by Gasteiger charge is -2.50. The van der Waals surface area contributed by atoms with Crippen LogP contribution >= 0.6 is 0 Å². The van der Waals surface area contributed by atoms with Crippen molar-refractivity contribution in [1.82, 2.24) is 4.90 Å². The molecule has 2 N–H and O–H groups in total. The second kappa shape index (κ2) is 5.71. The fourth-order valence-electron chi connectivity index (χ4n) is 3.89. The summed E-state index contributed by atoms with van der Waals surface area (Å²) in [6.45, 7) is 8.18. The van der Waals surface area contributed by atoms with Gasteiger partial charge in [-0.2, -0.15) is 0 Å². The first-order chi connectivity index (χ1) is 8.20. The van der Waals surface area contributed by atoms with Crippen molar-refractivity contribution in [2.45, 2.75) is 64.3 Å². The van der Waals surface area contributed by atoms with Gasteiger partial charge in [0.15, 0.2) is 0 Å². The predicted molar refractivity (Wildman–Crippen MR) is 74.0 cm³/mol. The SMILES string of the molecule is CCC1CCC(CN)(N2CCCC(C)C2)CC1. The van der Waals surface area contributed by atoms with Gasteiger partial charge in [-0.3, -0.25) is 4.90 Å². The van der Waals surface area contributed by atoms with E-state index in [2.05, 4.69) is 18.7 Å². The average Bonchev–Trinajstić information content (AvgIpc) is 2.39. The molecular formula is C15H30N2. The average molecular weight is 238 g/mol. The number of likely N-dealkylation sites (tertiary alicyclic amines) is 1. The highest BCUT2D eigenvalue weighted by molar-refractivity contribution is 4.97. The summed E-state index contributed by atoms with van der Waals surface area (Å²) in [6, 6.07) is 0. The normalized spacial score (nSPS) is 40.4. The number of nitrogens with two attached hydrogens (primary N) is 1. The molecule has 1 saturated heterocycles. The van der Waals surface area contributed by atoms with Gasteiger partial charge in [-0.1, -0.05) is 20.3 Å². The molecule has 17 heavy (non-hydrogen) atoms. The van der Waals surface area contributed by atoms with Crippen molar-refractivity contribution in [3.63, 3.8) is 0 Å². The Morgan fingerprint density at radius 1 is 1.24 bits per heavy atom. The Morgan fingerprint density at radius 2 is 1.94 bits per heavy atom. The molecule has 1 aliphatic heterocycles. The summed E-state index contributed by atoms with van der Waals surface area (Å²) >= 11 is 0. The summed E-state index contributed by atoms with van der Waals surface area (Å²) in [4.78, 5) is 2.74. The van der Waals surface area contributed by atoms with Crippen molar-refractivity contribution < 1.29 is 0 Å². The topological polar surface area (TPSA) is 29.3 Å². The van der Waals surface area contributed by atoms with Crippen LogP contribution in [0.3, 0.4) is 0 Å². The van der Waals surface area contributed by atoms with Gasteiger partial charge in [0.25, 0.3) is 0 Å². The van der Waals surface area contributed by atoms with Gasteiger partial charge in [-0.15, -0.1) is 0 Å². The molecule has 0 aromatic carbocycles. The molecule has 2 nitrogen and oxygen atoms in total. The second-order valence-corrected chi connectivity index (χ2v) is 6.47. The second-order valence-electron chi connectivity index (χ2n) is 6.47. The van der Waals surface area contributed by atoms with Gasteiger partial charge in [0.1, 0.15) is 0 Å². The van der Waals surface area contributed by atoms with Gasteiger partial charge in [0.2, 0.25) is 0 Å². The third kappa shape index (κ3) is 2.85. The number of hydrogen-bond donors (Lipinski definition) is 1. The number of hydrogen-bond acceptors (Lipinski definition) is 2. The lowest BCUT2D eigenvalue weighted by molar-refractivity contribution is 0.0122. The first-order valence-corrected chi connectivity index (χ1v) is 7.65. The zero-order chi connectivity index (χ0) is 12.3. The Morgan fingerprint density at radius 3 is 2.47 bits per heavy atom. The molecule has 0 spiro atoms. The van der Waals surface area contributed by atoms with Gasteiger partial charge in [0, 0.05) is 18.6 Å². The maximum atomic E-state index is 6.16. The van der Waals surface area contributed by atoms with Crippen LogP contribution in [0.4, 0.5) is 0 Å². The van der Waals surface area contributed by atoms with E-state index in [1.807, 2.05) is 0 Å². The van der Waals surface area contributed by atoms with Crippen LogP contribution in [-0.4, -0.2) is 30.1 Å². The third-order valence-electron chi connectivity index (χ3n) is 5.32. The standard InChI is InChI=1S/C15H30N2/c1-3-14-6-8-15(12-16,9-7-14)17-10-4-5-13(2)11-17/h13-14H,3-12,16H2,1-2H3. The monoisotopic (exact) mass is 238 g/mol. The third-order valence-corrected chi connectivity index (χ3v) is 5.32. The molecule has 0 amide bonds. The predicted octanol–water partition coefficient (Wildman–Crippen LogP) is 3.02. The maximum Gasteiger partial charge on any atom is 0.0332 e. The van der Waals surface area contributed by atoms with Crippen molar-refractivity contribution in [3.05, 3.63) is 0 Å². The zero-order valence-electron chi connectivity index (χ0n) is 11.8. The number of rotatable bonds is 3. The smallest absolute Gasteiger partial charge is 0.0332 e. The molecule has 0 radical (unpaired) electrons. The summed E-state index contributed by atoms with van der Waals surface area (Å²) < 4.78 is 0. The summed E-state index contributed by atoms with van der Waals surface area (Å²) in [5.74, 6) is 1.84. The zero-order valence-corrected chi connectivity index (χ0v) is 11.8. The van der Waals surface area contributed by atoms with Gasteiger partial charge >= 0.3 is 0 Å². The van der Waals surface area contributed by atoms with Crippen molar-refractivity contribution >= 4 is 0 Å². The fourth-order valence-corrected chi connectivity index (χ4v) is 3.89. The Labute approximate surface area is 107 Å². The van der Waals surface area contributed by atoms with E-state index in [0.717, 1.165) is 18.4 Å². The van der Waals surface area contributed by atoms with E-state index in [1.54, 1.807) is 0 Å².